The number of benzene rings is 1. The molecule has 3 heteroatoms. The maximum absolute atomic E-state index is 11.9. The highest BCUT2D eigenvalue weighted by atomic mass is 16.1. The number of nitrogens with one attached hydrogen (secondary N) is 1. The lowest BCUT2D eigenvalue weighted by Gasteiger charge is -2.18. The first kappa shape index (κ1) is 14.3. The van der Waals surface area contributed by atoms with Crippen molar-refractivity contribution < 1.29 is 4.79 Å². The van der Waals surface area contributed by atoms with Crippen LogP contribution in [-0.2, 0) is 10.2 Å². The van der Waals surface area contributed by atoms with Crippen molar-refractivity contribution in [2.24, 2.45) is 0 Å². The molecular weight excluding hydrogens is 248 g/mol. The average molecular weight is 268 g/mol. The number of nitriles is 1. The molecule has 0 unspecified atom stereocenters. The van der Waals surface area contributed by atoms with Crippen LogP contribution in [0, 0.1) is 11.3 Å². The molecule has 1 aromatic rings. The van der Waals surface area contributed by atoms with E-state index in [9.17, 15) is 4.79 Å². The first-order chi connectivity index (χ1) is 9.40. The minimum atomic E-state index is -0.269. The molecule has 1 N–H and O–H groups in total. The summed E-state index contributed by atoms with van der Waals surface area (Å²) in [5, 5.41) is 11.9. The maximum Gasteiger partial charge on any atom is 0.262 e. The summed E-state index contributed by atoms with van der Waals surface area (Å²) in [7, 11) is 0. The van der Waals surface area contributed by atoms with Crippen LogP contribution in [0.5, 0.6) is 0 Å². The van der Waals surface area contributed by atoms with Gasteiger partial charge < -0.3 is 5.32 Å². The molecular formula is C17H20N2O. The lowest BCUT2D eigenvalue weighted by Crippen LogP contribution is -2.26. The van der Waals surface area contributed by atoms with Gasteiger partial charge in [0.15, 0.2) is 0 Å². The van der Waals surface area contributed by atoms with Crippen molar-refractivity contribution in [2.75, 3.05) is 0 Å². The zero-order valence-corrected chi connectivity index (χ0v) is 12.2. The van der Waals surface area contributed by atoms with Crippen LogP contribution in [0.15, 0.2) is 29.8 Å². The van der Waals surface area contributed by atoms with E-state index >= 15 is 0 Å². The van der Waals surface area contributed by atoms with E-state index in [4.69, 9.17) is 5.26 Å². The van der Waals surface area contributed by atoms with E-state index < -0.39 is 0 Å². The van der Waals surface area contributed by atoms with Gasteiger partial charge in [-0.2, -0.15) is 5.26 Å². The third-order valence-electron chi connectivity index (χ3n) is 3.37. The highest BCUT2D eigenvalue weighted by Gasteiger charge is 2.24. The molecule has 0 saturated heterocycles. The Morgan fingerprint density at radius 2 is 1.90 bits per heavy atom. The lowest BCUT2D eigenvalue weighted by molar-refractivity contribution is -0.117. The largest absolute Gasteiger partial charge is 0.349 e. The zero-order valence-electron chi connectivity index (χ0n) is 12.2. The second kappa shape index (κ2) is 5.50. The average Bonchev–Trinajstić information content (AvgIpc) is 3.19. The molecule has 0 heterocycles. The fourth-order valence-electron chi connectivity index (χ4n) is 1.89. The number of nitrogens with zero attached hydrogens (tertiary/aromatic N) is 1. The van der Waals surface area contributed by atoms with E-state index in [1.807, 2.05) is 30.3 Å². The van der Waals surface area contributed by atoms with Crippen LogP contribution in [0.2, 0.25) is 0 Å². The summed E-state index contributed by atoms with van der Waals surface area (Å²) >= 11 is 0. The van der Waals surface area contributed by atoms with Crippen LogP contribution >= 0.6 is 0 Å². The van der Waals surface area contributed by atoms with Gasteiger partial charge in [-0.3, -0.25) is 4.79 Å². The second-order valence-electron chi connectivity index (χ2n) is 6.29. The zero-order chi connectivity index (χ0) is 14.8. The smallest absolute Gasteiger partial charge is 0.262 e. The summed E-state index contributed by atoms with van der Waals surface area (Å²) in [4.78, 5) is 11.9. The molecule has 20 heavy (non-hydrogen) atoms. The molecule has 0 atom stereocenters. The molecule has 104 valence electrons. The Labute approximate surface area is 120 Å². The van der Waals surface area contributed by atoms with Crippen LogP contribution in [-0.4, -0.2) is 11.9 Å². The van der Waals surface area contributed by atoms with Crippen LogP contribution in [0.25, 0.3) is 6.08 Å². The molecule has 3 nitrogen and oxygen atoms in total. The van der Waals surface area contributed by atoms with E-state index in [-0.39, 0.29) is 22.9 Å². The first-order valence-corrected chi connectivity index (χ1v) is 6.93. The predicted molar refractivity (Wildman–Crippen MR) is 79.9 cm³/mol. The fraction of sp³-hybridized carbons (Fsp3) is 0.412. The van der Waals surface area contributed by atoms with Crippen LogP contribution in [0.3, 0.4) is 0 Å². The van der Waals surface area contributed by atoms with E-state index in [1.54, 1.807) is 6.08 Å². The number of carbonyl (C=O) groups excluding carboxylic acids is 1. The number of carbonyl (C=O) groups is 1. The standard InChI is InChI=1S/C17H20N2O/c1-17(2,3)14-6-4-12(5-7-14)10-13(11-18)16(20)19-15-8-9-15/h4-7,10,15H,8-9H2,1-3H3,(H,19,20)/b13-10+. The molecule has 1 aromatic carbocycles. The monoisotopic (exact) mass is 268 g/mol. The van der Waals surface area contributed by atoms with Crippen LogP contribution < -0.4 is 5.32 Å². The molecule has 2 rings (SSSR count). The minimum absolute atomic E-state index is 0.101. The number of hydrogen-bond acceptors (Lipinski definition) is 2. The molecule has 1 fully saturated rings. The normalized spacial score (nSPS) is 15.6. The number of amides is 1. The fourth-order valence-corrected chi connectivity index (χ4v) is 1.89. The quantitative estimate of drug-likeness (QED) is 0.676. The van der Waals surface area contributed by atoms with Gasteiger partial charge in [-0.1, -0.05) is 45.0 Å². The molecule has 0 aliphatic heterocycles. The molecule has 1 aliphatic rings. The van der Waals surface area contributed by atoms with Gasteiger partial charge in [0.1, 0.15) is 11.6 Å². The Balaban J connectivity index is 2.15. The molecule has 1 saturated carbocycles. The molecule has 0 radical (unpaired) electrons. The van der Waals surface area contributed by atoms with Crippen molar-refractivity contribution in [3.63, 3.8) is 0 Å². The van der Waals surface area contributed by atoms with Gasteiger partial charge in [0, 0.05) is 6.04 Å². The second-order valence-corrected chi connectivity index (χ2v) is 6.29. The van der Waals surface area contributed by atoms with E-state index in [0.717, 1.165) is 18.4 Å². The Morgan fingerprint density at radius 3 is 2.35 bits per heavy atom. The SMILES string of the molecule is CC(C)(C)c1ccc(/C=C(\C#N)C(=O)NC2CC2)cc1. The van der Waals surface area contributed by atoms with Gasteiger partial charge >= 0.3 is 0 Å². The Morgan fingerprint density at radius 1 is 1.30 bits per heavy atom. The number of hydrogen-bond donors (Lipinski definition) is 1. The van der Waals surface area contributed by atoms with E-state index in [1.165, 1.54) is 5.56 Å². The Hall–Kier alpha value is -2.08. The third-order valence-corrected chi connectivity index (χ3v) is 3.37. The summed E-state index contributed by atoms with van der Waals surface area (Å²) in [6.45, 7) is 6.46. The van der Waals surface area contributed by atoms with Crippen molar-refractivity contribution in [2.45, 2.75) is 45.1 Å². The molecule has 0 aromatic heterocycles. The highest BCUT2D eigenvalue weighted by molar-refractivity contribution is 6.01. The summed E-state index contributed by atoms with van der Waals surface area (Å²) in [6.07, 6.45) is 3.68. The van der Waals surface area contributed by atoms with E-state index in [2.05, 4.69) is 26.1 Å². The van der Waals surface area contributed by atoms with Crippen molar-refractivity contribution in [3.05, 3.63) is 41.0 Å². The lowest BCUT2D eigenvalue weighted by atomic mass is 9.86. The third kappa shape index (κ3) is 3.71. The van der Waals surface area contributed by atoms with Crippen LogP contribution in [0.1, 0.15) is 44.7 Å². The summed E-state index contributed by atoms with van der Waals surface area (Å²) in [5.41, 5.74) is 2.38. The van der Waals surface area contributed by atoms with Crippen molar-refractivity contribution >= 4 is 12.0 Å². The Bertz CT molecular complexity index is 566. The van der Waals surface area contributed by atoms with Gasteiger partial charge in [0.05, 0.1) is 0 Å². The van der Waals surface area contributed by atoms with Gasteiger partial charge in [-0.15, -0.1) is 0 Å². The molecule has 0 spiro atoms. The van der Waals surface area contributed by atoms with E-state index in [0.29, 0.717) is 0 Å². The van der Waals surface area contributed by atoms with Gasteiger partial charge in [-0.25, -0.2) is 0 Å². The van der Waals surface area contributed by atoms with Crippen LogP contribution in [0.4, 0.5) is 0 Å². The summed E-state index contributed by atoms with van der Waals surface area (Å²) in [6, 6.07) is 10.2. The van der Waals surface area contributed by atoms with Gasteiger partial charge in [0.25, 0.3) is 5.91 Å². The predicted octanol–water partition coefficient (Wildman–Crippen LogP) is 3.17. The van der Waals surface area contributed by atoms with Gasteiger partial charge in [0.2, 0.25) is 0 Å². The Kier molecular flexibility index (Phi) is 3.94. The van der Waals surface area contributed by atoms with Crippen molar-refractivity contribution in [1.29, 1.82) is 5.26 Å². The van der Waals surface area contributed by atoms with Crippen molar-refractivity contribution in [1.82, 2.24) is 5.32 Å². The minimum Gasteiger partial charge on any atom is -0.349 e. The molecule has 1 aliphatic carbocycles. The topological polar surface area (TPSA) is 52.9 Å². The molecule has 0 bridgehead atoms. The highest BCUT2D eigenvalue weighted by Crippen LogP contribution is 2.23. The first-order valence-electron chi connectivity index (χ1n) is 6.93. The maximum atomic E-state index is 11.9. The summed E-state index contributed by atoms with van der Waals surface area (Å²) < 4.78 is 0. The summed E-state index contributed by atoms with van der Waals surface area (Å²) in [5.74, 6) is -0.269. The van der Waals surface area contributed by atoms with Gasteiger partial charge in [-0.05, 0) is 35.5 Å². The van der Waals surface area contributed by atoms with Crippen molar-refractivity contribution in [3.8, 4) is 6.07 Å². The number of rotatable bonds is 3. The molecule has 1 amide bonds.